The molecule has 1 rings (SSSR count). The molecule has 5 nitrogen and oxygen atoms in total. The average Bonchev–Trinajstić information content (AvgIpc) is 2.17. The van der Waals surface area contributed by atoms with E-state index in [2.05, 4.69) is 26.7 Å². The van der Waals surface area contributed by atoms with Gasteiger partial charge in [-0.25, -0.2) is 6.34 Å². The minimum Gasteiger partial charge on any atom is -0.481 e. The summed E-state index contributed by atoms with van der Waals surface area (Å²) in [6, 6.07) is 0. The quantitative estimate of drug-likeness (QED) is 0.380. The molecule has 0 saturated heterocycles. The Hall–Kier alpha value is -0.208. The van der Waals surface area contributed by atoms with Crippen molar-refractivity contribution in [1.29, 1.82) is 0 Å². The topological polar surface area (TPSA) is 56.0 Å². The van der Waals surface area contributed by atoms with Crippen molar-refractivity contribution >= 4 is 6.34 Å². The van der Waals surface area contributed by atoms with E-state index < -0.39 is 0 Å². The molecule has 10 heavy (non-hydrogen) atoms. The van der Waals surface area contributed by atoms with E-state index in [0.29, 0.717) is 5.82 Å². The molecule has 0 unspecified atom stereocenters. The summed E-state index contributed by atoms with van der Waals surface area (Å²) < 4.78 is 0. The fourth-order valence-corrected chi connectivity index (χ4v) is 0.416. The largest absolute Gasteiger partial charge is 0.481 e. The number of nitrogens with zero attached hydrogens (tertiary/aromatic N) is 5. The van der Waals surface area contributed by atoms with Gasteiger partial charge in [-0.15, -0.1) is 5.10 Å². The average molecular weight is 362 g/mol. The third kappa shape index (κ3) is 2.59. The Balaban J connectivity index is 0.000000810. The molecular formula is C4H6N5U-. The molecule has 0 N–H and O–H groups in total. The van der Waals surface area contributed by atoms with Crippen LogP contribution >= 0.6 is 0 Å². The minimum absolute atomic E-state index is 0. The number of rotatable bonds is 1. The summed E-state index contributed by atoms with van der Waals surface area (Å²) in [4.78, 5) is 4.76. The second-order valence-electron chi connectivity index (χ2n) is 1.45. The van der Waals surface area contributed by atoms with Crippen LogP contribution in [0.2, 0.25) is 0 Å². The van der Waals surface area contributed by atoms with Crippen LogP contribution in [0.25, 0.3) is 0 Å². The van der Waals surface area contributed by atoms with Gasteiger partial charge < -0.3 is 9.79 Å². The fraction of sp³-hybridized carbons (Fsp3) is 0.500. The number of aliphatic imine (C=N–C) groups is 1. The van der Waals surface area contributed by atoms with Crippen LogP contribution in [0.1, 0.15) is 5.82 Å². The Morgan fingerprint density at radius 2 is 2.30 bits per heavy atom. The maximum atomic E-state index is 3.79. The van der Waals surface area contributed by atoms with Gasteiger partial charge in [0.1, 0.15) is 0 Å². The summed E-state index contributed by atoms with van der Waals surface area (Å²) in [5.74, 6) is 0.617. The Labute approximate surface area is 82.3 Å². The standard InChI is InChI=1S/C4H6N5.U/c1-4-6-8-9(7-4)3-5-2;/h1-2H3;/q-1;. The fourth-order valence-electron chi connectivity index (χ4n) is 0.416. The van der Waals surface area contributed by atoms with Gasteiger partial charge in [0.25, 0.3) is 0 Å². The van der Waals surface area contributed by atoms with Crippen molar-refractivity contribution in [2.45, 2.75) is 6.92 Å². The van der Waals surface area contributed by atoms with Crippen LogP contribution in [0.4, 0.5) is 0 Å². The Morgan fingerprint density at radius 3 is 2.70 bits per heavy atom. The predicted octanol–water partition coefficient (Wildman–Crippen LogP) is -0.635. The molecule has 0 aromatic carbocycles. The molecule has 1 heterocycles. The molecular weight excluding hydrogens is 356 g/mol. The smallest absolute Gasteiger partial charge is 0.168 e. The van der Waals surface area contributed by atoms with Gasteiger partial charge in [-0.3, -0.25) is 0 Å². The maximum Gasteiger partial charge on any atom is 0.168 e. The molecule has 0 fully saturated rings. The van der Waals surface area contributed by atoms with Crippen molar-refractivity contribution in [1.82, 2.24) is 20.2 Å². The molecule has 1 aromatic heterocycles. The first kappa shape index (κ1) is 9.79. The molecule has 0 spiro atoms. The maximum absolute atomic E-state index is 3.79. The SMILES string of the molecule is CN=[C-]n1nnc(C)n1.[U]. The van der Waals surface area contributed by atoms with Crippen LogP contribution in [0.3, 0.4) is 0 Å². The van der Waals surface area contributed by atoms with Crippen LogP contribution in [0.5, 0.6) is 0 Å². The zero-order valence-electron chi connectivity index (χ0n) is 5.74. The third-order valence-electron chi connectivity index (χ3n) is 0.703. The van der Waals surface area contributed by atoms with E-state index in [1.807, 2.05) is 0 Å². The summed E-state index contributed by atoms with van der Waals surface area (Å²) in [7, 11) is 1.60. The van der Waals surface area contributed by atoms with Crippen molar-refractivity contribution < 1.29 is 31.1 Å². The van der Waals surface area contributed by atoms with E-state index in [1.165, 1.54) is 4.80 Å². The summed E-state index contributed by atoms with van der Waals surface area (Å²) in [6.45, 7) is 1.75. The Bertz CT molecular complexity index is 217. The van der Waals surface area contributed by atoms with Crippen molar-refractivity contribution in [3.05, 3.63) is 5.82 Å². The molecule has 6 heteroatoms. The second kappa shape index (κ2) is 4.58. The monoisotopic (exact) mass is 362 g/mol. The van der Waals surface area contributed by atoms with Gasteiger partial charge in [-0.1, -0.05) is 5.21 Å². The van der Waals surface area contributed by atoms with Crippen LogP contribution in [-0.4, -0.2) is 33.6 Å². The first-order chi connectivity index (χ1) is 4.33. The first-order valence-corrected chi connectivity index (χ1v) is 2.44. The first-order valence-electron chi connectivity index (χ1n) is 2.44. The minimum atomic E-state index is 0. The van der Waals surface area contributed by atoms with Crippen LogP contribution in [0, 0.1) is 38.0 Å². The summed E-state index contributed by atoms with van der Waals surface area (Å²) in [5, 5.41) is 11.0. The van der Waals surface area contributed by atoms with E-state index in [-0.39, 0.29) is 31.1 Å². The molecule has 0 aliphatic heterocycles. The summed E-state index contributed by atoms with van der Waals surface area (Å²) in [5.41, 5.74) is 0. The van der Waals surface area contributed by atoms with Gasteiger partial charge >= 0.3 is 0 Å². The van der Waals surface area contributed by atoms with Crippen molar-refractivity contribution in [2.75, 3.05) is 7.05 Å². The zero-order valence-corrected chi connectivity index (χ0v) is 9.90. The number of hydrogen-bond acceptors (Lipinski definition) is 4. The van der Waals surface area contributed by atoms with Gasteiger partial charge in [-0.05, 0) is 14.0 Å². The zero-order chi connectivity index (χ0) is 6.69. The van der Waals surface area contributed by atoms with Gasteiger partial charge in [0.2, 0.25) is 0 Å². The second-order valence-corrected chi connectivity index (χ2v) is 1.45. The molecule has 52 valence electrons. The third-order valence-corrected chi connectivity index (χ3v) is 0.703. The van der Waals surface area contributed by atoms with E-state index in [9.17, 15) is 0 Å². The summed E-state index contributed by atoms with van der Waals surface area (Å²) >= 11 is 0. The van der Waals surface area contributed by atoms with Crippen molar-refractivity contribution in [3.8, 4) is 0 Å². The van der Waals surface area contributed by atoms with E-state index in [1.54, 1.807) is 14.0 Å². The van der Waals surface area contributed by atoms with Crippen LogP contribution in [-0.2, 0) is 0 Å². The normalized spacial score (nSPS) is 9.80. The molecule has 0 aliphatic rings. The molecule has 0 amide bonds. The van der Waals surface area contributed by atoms with Gasteiger partial charge in [0, 0.05) is 31.1 Å². The number of aromatic nitrogens is 4. The van der Waals surface area contributed by atoms with Crippen molar-refractivity contribution in [2.24, 2.45) is 4.99 Å². The van der Waals surface area contributed by atoms with E-state index >= 15 is 0 Å². The molecule has 0 aliphatic carbocycles. The van der Waals surface area contributed by atoms with Gasteiger partial charge in [0.15, 0.2) is 5.82 Å². The van der Waals surface area contributed by atoms with E-state index in [4.69, 9.17) is 0 Å². The molecule has 0 bridgehead atoms. The molecule has 0 radical (unpaired) electrons. The number of hydrogen-bond donors (Lipinski definition) is 0. The summed E-state index contributed by atoms with van der Waals surface area (Å²) in [6.07, 6.45) is 2.49. The Morgan fingerprint density at radius 1 is 1.60 bits per heavy atom. The van der Waals surface area contributed by atoms with Crippen LogP contribution in [0.15, 0.2) is 4.99 Å². The van der Waals surface area contributed by atoms with Gasteiger partial charge in [-0.2, -0.15) is 5.10 Å². The molecule has 1 aromatic rings. The van der Waals surface area contributed by atoms with Crippen LogP contribution < -0.4 is 0 Å². The molecule has 0 atom stereocenters. The number of aryl methyl sites for hydroxylation is 1. The van der Waals surface area contributed by atoms with E-state index in [0.717, 1.165) is 0 Å². The van der Waals surface area contributed by atoms with Gasteiger partial charge in [0.05, 0.1) is 0 Å². The van der Waals surface area contributed by atoms with Crippen molar-refractivity contribution in [3.63, 3.8) is 0 Å². The predicted molar refractivity (Wildman–Crippen MR) is 31.3 cm³/mol. The molecule has 0 saturated carbocycles. The number of tetrazole rings is 1. The Kier molecular flexibility index (Phi) is 4.49.